The molecule has 0 spiro atoms. The number of ether oxygens (including phenoxy) is 1. The Bertz CT molecular complexity index is 630. The molecule has 0 aliphatic carbocycles. The van der Waals surface area contributed by atoms with Gasteiger partial charge in [0.2, 0.25) is 5.91 Å². The Hall–Kier alpha value is -1.80. The van der Waals surface area contributed by atoms with Gasteiger partial charge in [0.25, 0.3) is 0 Å². The van der Waals surface area contributed by atoms with Crippen LogP contribution in [-0.2, 0) is 19.7 Å². The number of fused-ring (bicyclic) bond motifs is 1. The lowest BCUT2D eigenvalue weighted by Crippen LogP contribution is -2.32. The van der Waals surface area contributed by atoms with Crippen LogP contribution in [0.25, 0.3) is 0 Å². The molecule has 8 heteroatoms. The fourth-order valence-electron chi connectivity index (χ4n) is 1.94. The maximum Gasteiger partial charge on any atom is 0.326 e. The van der Waals surface area contributed by atoms with Crippen molar-refractivity contribution in [2.45, 2.75) is 6.92 Å². The predicted molar refractivity (Wildman–Crippen MR) is 77.3 cm³/mol. The first-order chi connectivity index (χ1) is 9.37. The molecule has 0 saturated carbocycles. The molecule has 0 saturated heterocycles. The average Bonchev–Trinajstić information content (AvgIpc) is 2.58. The van der Waals surface area contributed by atoms with Crippen LogP contribution >= 0.6 is 0 Å². The van der Waals surface area contributed by atoms with Crippen LogP contribution in [0.3, 0.4) is 0 Å². The molecule has 1 aliphatic heterocycles. The summed E-state index contributed by atoms with van der Waals surface area (Å²) in [4.78, 5) is 11.6. The Morgan fingerprint density at radius 2 is 1.90 bits per heavy atom. The maximum absolute atomic E-state index is 12.0. The molecule has 0 aromatic heterocycles. The molecule has 1 aliphatic rings. The fourth-order valence-corrected chi connectivity index (χ4v) is 3.11. The van der Waals surface area contributed by atoms with Gasteiger partial charge in [0, 0.05) is 26.4 Å². The van der Waals surface area contributed by atoms with Crippen LogP contribution in [0.1, 0.15) is 6.92 Å². The van der Waals surface area contributed by atoms with Crippen molar-refractivity contribution in [2.24, 2.45) is 0 Å². The minimum absolute atomic E-state index is 0.0262. The van der Waals surface area contributed by atoms with Crippen molar-refractivity contribution in [3.8, 4) is 0 Å². The number of hydrogen-bond acceptors (Lipinski definition) is 4. The van der Waals surface area contributed by atoms with Crippen LogP contribution in [0.15, 0.2) is 18.2 Å². The Morgan fingerprint density at radius 3 is 2.55 bits per heavy atom. The molecule has 0 radical (unpaired) electrons. The van der Waals surface area contributed by atoms with Gasteiger partial charge in [0.1, 0.15) is 6.61 Å². The van der Waals surface area contributed by atoms with Gasteiger partial charge in [0.15, 0.2) is 0 Å². The first-order valence-corrected chi connectivity index (χ1v) is 7.52. The molecule has 1 aromatic rings. The molecular formula is C12H17N3O4S. The van der Waals surface area contributed by atoms with Crippen molar-refractivity contribution < 1.29 is 17.9 Å². The summed E-state index contributed by atoms with van der Waals surface area (Å²) in [6.07, 6.45) is 0. The van der Waals surface area contributed by atoms with E-state index in [1.54, 1.807) is 25.1 Å². The van der Waals surface area contributed by atoms with Crippen LogP contribution < -0.4 is 13.9 Å². The van der Waals surface area contributed by atoms with Crippen LogP contribution in [0, 0.1) is 0 Å². The van der Waals surface area contributed by atoms with Crippen LogP contribution in [0.5, 0.6) is 0 Å². The minimum atomic E-state index is -3.49. The Morgan fingerprint density at radius 1 is 1.25 bits per heavy atom. The van der Waals surface area contributed by atoms with E-state index < -0.39 is 10.2 Å². The monoisotopic (exact) mass is 299 g/mol. The number of amides is 1. The molecule has 110 valence electrons. The molecule has 0 atom stereocenters. The second-order valence-electron chi connectivity index (χ2n) is 4.33. The van der Waals surface area contributed by atoms with Gasteiger partial charge in [-0.15, -0.1) is 0 Å². The van der Waals surface area contributed by atoms with Gasteiger partial charge in [-0.2, -0.15) is 8.42 Å². The van der Waals surface area contributed by atoms with Gasteiger partial charge in [-0.05, 0) is 25.1 Å². The lowest BCUT2D eigenvalue weighted by Gasteiger charge is -2.13. The summed E-state index contributed by atoms with van der Waals surface area (Å²) in [5.74, 6) is -0.274. The second kappa shape index (κ2) is 5.29. The summed E-state index contributed by atoms with van der Waals surface area (Å²) in [5, 5.41) is 2.67. The third kappa shape index (κ3) is 2.44. The average molecular weight is 299 g/mol. The Balaban J connectivity index is 2.22. The van der Waals surface area contributed by atoms with Gasteiger partial charge in [-0.1, -0.05) is 0 Å². The first kappa shape index (κ1) is 14.6. The van der Waals surface area contributed by atoms with E-state index in [4.69, 9.17) is 4.74 Å². The maximum atomic E-state index is 12.0. The number of benzene rings is 1. The zero-order valence-electron chi connectivity index (χ0n) is 11.6. The van der Waals surface area contributed by atoms with Gasteiger partial charge in [0.05, 0.1) is 11.4 Å². The highest BCUT2D eigenvalue weighted by Crippen LogP contribution is 2.40. The SMILES string of the molecule is CCOCC(=O)Nc1ccc2c(c1)N(C)S(=O)(=O)N2C. The Labute approximate surface area is 118 Å². The van der Waals surface area contributed by atoms with E-state index in [0.29, 0.717) is 23.7 Å². The predicted octanol–water partition coefficient (Wildman–Crippen LogP) is 0.792. The number of carbonyl (C=O) groups is 1. The summed E-state index contributed by atoms with van der Waals surface area (Å²) >= 11 is 0. The zero-order valence-corrected chi connectivity index (χ0v) is 12.4. The molecule has 2 rings (SSSR count). The van der Waals surface area contributed by atoms with Crippen LogP contribution in [-0.4, -0.2) is 41.6 Å². The largest absolute Gasteiger partial charge is 0.372 e. The summed E-state index contributed by atoms with van der Waals surface area (Å²) < 4.78 is 31.3. The van der Waals surface area contributed by atoms with E-state index in [0.717, 1.165) is 0 Å². The van der Waals surface area contributed by atoms with Crippen molar-refractivity contribution in [1.29, 1.82) is 0 Å². The molecule has 1 amide bonds. The molecule has 0 bridgehead atoms. The molecule has 20 heavy (non-hydrogen) atoms. The van der Waals surface area contributed by atoms with E-state index in [-0.39, 0.29) is 12.5 Å². The first-order valence-electron chi connectivity index (χ1n) is 6.12. The highest BCUT2D eigenvalue weighted by Gasteiger charge is 2.35. The van der Waals surface area contributed by atoms with Crippen molar-refractivity contribution >= 4 is 33.2 Å². The van der Waals surface area contributed by atoms with Crippen molar-refractivity contribution in [3.05, 3.63) is 18.2 Å². The molecular weight excluding hydrogens is 282 g/mol. The van der Waals surface area contributed by atoms with E-state index in [1.165, 1.54) is 22.7 Å². The highest BCUT2D eigenvalue weighted by molar-refractivity contribution is 7.94. The molecule has 1 aromatic carbocycles. The van der Waals surface area contributed by atoms with Crippen molar-refractivity contribution in [3.63, 3.8) is 0 Å². The number of rotatable bonds is 4. The molecule has 1 heterocycles. The molecule has 0 unspecified atom stereocenters. The quantitative estimate of drug-likeness (QED) is 0.891. The summed E-state index contributed by atoms with van der Waals surface area (Å²) in [5.41, 5.74) is 1.64. The summed E-state index contributed by atoms with van der Waals surface area (Å²) in [7, 11) is -0.526. The summed E-state index contributed by atoms with van der Waals surface area (Å²) in [6.45, 7) is 2.24. The smallest absolute Gasteiger partial charge is 0.326 e. The normalized spacial score (nSPS) is 16.1. The number of nitrogens with zero attached hydrogens (tertiary/aromatic N) is 2. The number of nitrogens with one attached hydrogen (secondary N) is 1. The minimum Gasteiger partial charge on any atom is -0.372 e. The van der Waals surface area contributed by atoms with E-state index in [1.807, 2.05) is 0 Å². The van der Waals surface area contributed by atoms with Gasteiger partial charge >= 0.3 is 10.2 Å². The van der Waals surface area contributed by atoms with Gasteiger partial charge in [-0.3, -0.25) is 13.4 Å². The van der Waals surface area contributed by atoms with E-state index >= 15 is 0 Å². The Kier molecular flexibility index (Phi) is 3.87. The zero-order chi connectivity index (χ0) is 14.9. The molecule has 1 N–H and O–H groups in total. The lowest BCUT2D eigenvalue weighted by molar-refractivity contribution is -0.120. The third-order valence-corrected chi connectivity index (χ3v) is 4.84. The van der Waals surface area contributed by atoms with Crippen LogP contribution in [0.4, 0.5) is 17.1 Å². The highest BCUT2D eigenvalue weighted by atomic mass is 32.2. The van der Waals surface area contributed by atoms with Crippen molar-refractivity contribution in [2.75, 3.05) is 41.2 Å². The fraction of sp³-hybridized carbons (Fsp3) is 0.417. The van der Waals surface area contributed by atoms with Gasteiger partial charge < -0.3 is 10.1 Å². The van der Waals surface area contributed by atoms with Gasteiger partial charge in [-0.25, -0.2) is 0 Å². The van der Waals surface area contributed by atoms with E-state index in [9.17, 15) is 13.2 Å². The number of carbonyl (C=O) groups excluding carboxylic acids is 1. The van der Waals surface area contributed by atoms with Crippen LogP contribution in [0.2, 0.25) is 0 Å². The van der Waals surface area contributed by atoms with E-state index in [2.05, 4.69) is 5.32 Å². The summed E-state index contributed by atoms with van der Waals surface area (Å²) in [6, 6.07) is 4.95. The topological polar surface area (TPSA) is 79.0 Å². The third-order valence-electron chi connectivity index (χ3n) is 3.07. The molecule has 7 nitrogen and oxygen atoms in total. The number of anilines is 3. The van der Waals surface area contributed by atoms with Crippen molar-refractivity contribution in [1.82, 2.24) is 0 Å². The second-order valence-corrected chi connectivity index (χ2v) is 6.32. The lowest BCUT2D eigenvalue weighted by atomic mass is 10.2. The standard InChI is InChI=1S/C12H17N3O4S/c1-4-19-8-12(16)13-9-5-6-10-11(7-9)15(3)20(17,18)14(10)2/h5-7H,4,8H2,1-3H3,(H,13,16). The molecule has 0 fully saturated rings. The number of hydrogen-bond donors (Lipinski definition) is 1.